The van der Waals surface area contributed by atoms with Crippen LogP contribution >= 0.6 is 11.3 Å². The number of hydrogen-bond acceptors (Lipinski definition) is 3. The van der Waals surface area contributed by atoms with Crippen LogP contribution in [0.3, 0.4) is 0 Å². The molecule has 1 atom stereocenters. The van der Waals surface area contributed by atoms with E-state index in [1.165, 1.54) is 11.3 Å². The van der Waals surface area contributed by atoms with Gasteiger partial charge < -0.3 is 5.32 Å². The number of nitrogens with one attached hydrogen (secondary N) is 1. The SMILES string of the molecule is FC1(F)CCCC1NCc1nccs1. The van der Waals surface area contributed by atoms with Crippen LogP contribution in [-0.2, 0) is 6.54 Å². The van der Waals surface area contributed by atoms with Crippen LogP contribution in [0.15, 0.2) is 11.6 Å². The molecule has 1 aliphatic rings. The van der Waals surface area contributed by atoms with E-state index in [0.29, 0.717) is 19.4 Å². The molecule has 1 heterocycles. The van der Waals surface area contributed by atoms with Gasteiger partial charge in [0.1, 0.15) is 5.01 Å². The summed E-state index contributed by atoms with van der Waals surface area (Å²) in [7, 11) is 0. The predicted molar refractivity (Wildman–Crippen MR) is 51.5 cm³/mol. The summed E-state index contributed by atoms with van der Waals surface area (Å²) in [4.78, 5) is 4.04. The Labute approximate surface area is 85.4 Å². The molecule has 1 aromatic heterocycles. The quantitative estimate of drug-likeness (QED) is 0.842. The summed E-state index contributed by atoms with van der Waals surface area (Å²) >= 11 is 1.49. The Kier molecular flexibility index (Phi) is 2.78. The fraction of sp³-hybridized carbons (Fsp3) is 0.667. The molecule has 78 valence electrons. The van der Waals surface area contributed by atoms with Crippen LogP contribution < -0.4 is 5.32 Å². The molecule has 2 nitrogen and oxygen atoms in total. The first-order chi connectivity index (χ1) is 6.68. The molecular formula is C9H12F2N2S. The van der Waals surface area contributed by atoms with E-state index in [-0.39, 0.29) is 6.42 Å². The molecule has 1 saturated carbocycles. The van der Waals surface area contributed by atoms with Gasteiger partial charge in [0, 0.05) is 24.5 Å². The normalized spacial score (nSPS) is 25.4. The largest absolute Gasteiger partial charge is 0.302 e. The van der Waals surface area contributed by atoms with Crippen molar-refractivity contribution in [2.24, 2.45) is 0 Å². The van der Waals surface area contributed by atoms with Gasteiger partial charge in [-0.15, -0.1) is 11.3 Å². The topological polar surface area (TPSA) is 24.9 Å². The number of thiazole rings is 1. The highest BCUT2D eigenvalue weighted by molar-refractivity contribution is 7.09. The minimum atomic E-state index is -2.53. The first-order valence-corrected chi connectivity index (χ1v) is 5.56. The van der Waals surface area contributed by atoms with Gasteiger partial charge in [-0.1, -0.05) is 0 Å². The average Bonchev–Trinajstić information content (AvgIpc) is 2.71. The van der Waals surface area contributed by atoms with Gasteiger partial charge in [-0.3, -0.25) is 0 Å². The lowest BCUT2D eigenvalue weighted by Gasteiger charge is -2.19. The predicted octanol–water partition coefficient (Wildman–Crippen LogP) is 2.42. The molecule has 1 N–H and O–H groups in total. The van der Waals surface area contributed by atoms with Crippen molar-refractivity contribution in [2.45, 2.75) is 37.8 Å². The minimum absolute atomic E-state index is 0.0164. The second-order valence-corrected chi connectivity index (χ2v) is 4.49. The molecule has 1 unspecified atom stereocenters. The van der Waals surface area contributed by atoms with Crippen molar-refractivity contribution < 1.29 is 8.78 Å². The second-order valence-electron chi connectivity index (χ2n) is 3.51. The zero-order valence-electron chi connectivity index (χ0n) is 7.67. The van der Waals surface area contributed by atoms with E-state index in [2.05, 4.69) is 10.3 Å². The maximum Gasteiger partial charge on any atom is 0.263 e. The van der Waals surface area contributed by atoms with Crippen molar-refractivity contribution >= 4 is 11.3 Å². The highest BCUT2D eigenvalue weighted by Crippen LogP contribution is 2.35. The summed E-state index contributed by atoms with van der Waals surface area (Å²) in [6.45, 7) is 0.456. The maximum atomic E-state index is 13.2. The first kappa shape index (κ1) is 9.98. The summed E-state index contributed by atoms with van der Waals surface area (Å²) in [5.74, 6) is -2.53. The molecule has 0 saturated heterocycles. The van der Waals surface area contributed by atoms with Crippen molar-refractivity contribution in [1.29, 1.82) is 0 Å². The van der Waals surface area contributed by atoms with Gasteiger partial charge in [-0.05, 0) is 12.8 Å². The number of rotatable bonds is 3. The summed E-state index contributed by atoms with van der Waals surface area (Å²) in [5.41, 5.74) is 0. The molecule has 2 rings (SSSR count). The minimum Gasteiger partial charge on any atom is -0.302 e. The van der Waals surface area contributed by atoms with Crippen LogP contribution in [0.5, 0.6) is 0 Å². The Hall–Kier alpha value is -0.550. The lowest BCUT2D eigenvalue weighted by Crippen LogP contribution is -2.40. The fourth-order valence-corrected chi connectivity index (χ4v) is 2.30. The van der Waals surface area contributed by atoms with E-state index in [4.69, 9.17) is 0 Å². The third kappa shape index (κ3) is 2.09. The van der Waals surface area contributed by atoms with Gasteiger partial charge in [0.15, 0.2) is 0 Å². The Morgan fingerprint density at radius 1 is 1.64 bits per heavy atom. The standard InChI is InChI=1S/C9H12F2N2S/c10-9(11)3-1-2-7(9)13-6-8-12-4-5-14-8/h4-5,7,13H,1-3,6H2. The van der Waals surface area contributed by atoms with Gasteiger partial charge in [0.2, 0.25) is 0 Å². The van der Waals surface area contributed by atoms with E-state index in [0.717, 1.165) is 5.01 Å². The number of nitrogens with zero attached hydrogens (tertiary/aromatic N) is 1. The molecule has 0 spiro atoms. The third-order valence-corrected chi connectivity index (χ3v) is 3.28. The molecule has 0 aliphatic heterocycles. The molecule has 1 aliphatic carbocycles. The highest BCUT2D eigenvalue weighted by atomic mass is 32.1. The zero-order valence-corrected chi connectivity index (χ0v) is 8.49. The maximum absolute atomic E-state index is 13.2. The summed E-state index contributed by atoms with van der Waals surface area (Å²) in [6, 6.07) is -0.661. The summed E-state index contributed by atoms with van der Waals surface area (Å²) in [6.07, 6.45) is 2.89. The van der Waals surface area contributed by atoms with Gasteiger partial charge in [0.05, 0.1) is 6.04 Å². The number of hydrogen-bond donors (Lipinski definition) is 1. The summed E-state index contributed by atoms with van der Waals surface area (Å²) in [5, 5.41) is 5.59. The molecule has 0 radical (unpaired) electrons. The lowest BCUT2D eigenvalue weighted by atomic mass is 10.2. The molecule has 1 fully saturated rings. The van der Waals surface area contributed by atoms with Crippen molar-refractivity contribution in [1.82, 2.24) is 10.3 Å². The Morgan fingerprint density at radius 2 is 2.50 bits per heavy atom. The van der Waals surface area contributed by atoms with Crippen molar-refractivity contribution in [3.8, 4) is 0 Å². The van der Waals surface area contributed by atoms with Crippen LogP contribution in [0.4, 0.5) is 8.78 Å². The molecule has 14 heavy (non-hydrogen) atoms. The average molecular weight is 218 g/mol. The lowest BCUT2D eigenvalue weighted by molar-refractivity contribution is -0.0183. The monoisotopic (exact) mass is 218 g/mol. The third-order valence-electron chi connectivity index (χ3n) is 2.50. The Bertz CT molecular complexity index is 287. The van der Waals surface area contributed by atoms with Crippen LogP contribution in [-0.4, -0.2) is 16.9 Å². The molecule has 0 aromatic carbocycles. The zero-order chi connectivity index (χ0) is 10.0. The first-order valence-electron chi connectivity index (χ1n) is 4.68. The van der Waals surface area contributed by atoms with Crippen molar-refractivity contribution in [2.75, 3.05) is 0 Å². The van der Waals surface area contributed by atoms with E-state index in [9.17, 15) is 8.78 Å². The van der Waals surface area contributed by atoms with Gasteiger partial charge >= 0.3 is 0 Å². The Balaban J connectivity index is 1.86. The molecule has 0 bridgehead atoms. The van der Waals surface area contributed by atoms with E-state index in [1.807, 2.05) is 5.38 Å². The van der Waals surface area contributed by atoms with Crippen LogP contribution in [0.1, 0.15) is 24.3 Å². The van der Waals surface area contributed by atoms with E-state index < -0.39 is 12.0 Å². The molecule has 1 aromatic rings. The van der Waals surface area contributed by atoms with Gasteiger partial charge in [0.25, 0.3) is 5.92 Å². The summed E-state index contributed by atoms with van der Waals surface area (Å²) < 4.78 is 26.3. The van der Waals surface area contributed by atoms with Gasteiger partial charge in [-0.25, -0.2) is 13.8 Å². The van der Waals surface area contributed by atoms with Crippen molar-refractivity contribution in [3.63, 3.8) is 0 Å². The number of alkyl halides is 2. The Morgan fingerprint density at radius 3 is 3.07 bits per heavy atom. The smallest absolute Gasteiger partial charge is 0.263 e. The number of halogens is 2. The van der Waals surface area contributed by atoms with Crippen LogP contribution in [0.2, 0.25) is 0 Å². The molecular weight excluding hydrogens is 206 g/mol. The number of aromatic nitrogens is 1. The van der Waals surface area contributed by atoms with Crippen LogP contribution in [0.25, 0.3) is 0 Å². The van der Waals surface area contributed by atoms with Crippen molar-refractivity contribution in [3.05, 3.63) is 16.6 Å². The van der Waals surface area contributed by atoms with Gasteiger partial charge in [-0.2, -0.15) is 0 Å². The molecule has 0 amide bonds. The van der Waals surface area contributed by atoms with E-state index >= 15 is 0 Å². The van der Waals surface area contributed by atoms with Crippen LogP contribution in [0, 0.1) is 0 Å². The fourth-order valence-electron chi connectivity index (χ4n) is 1.73. The second kappa shape index (κ2) is 3.90. The molecule has 5 heteroatoms. The highest BCUT2D eigenvalue weighted by Gasteiger charge is 2.43. The van der Waals surface area contributed by atoms with E-state index in [1.54, 1.807) is 6.20 Å².